The van der Waals surface area contributed by atoms with Crippen molar-refractivity contribution in [3.63, 3.8) is 0 Å². The molecule has 0 spiro atoms. The van der Waals surface area contributed by atoms with Crippen molar-refractivity contribution < 1.29 is 31.9 Å². The van der Waals surface area contributed by atoms with Gasteiger partial charge in [0, 0.05) is 5.56 Å². The van der Waals surface area contributed by atoms with E-state index in [0.717, 1.165) is 11.6 Å². The van der Waals surface area contributed by atoms with Crippen LogP contribution >= 0.6 is 0 Å². The average molecular weight is 492 g/mol. The first-order valence-corrected chi connectivity index (χ1v) is 12.5. The molecular formula is C25H30FNO6S. The molecule has 1 aliphatic rings. The van der Waals surface area contributed by atoms with Crippen LogP contribution in [0.25, 0.3) is 0 Å². The summed E-state index contributed by atoms with van der Waals surface area (Å²) < 4.78 is 54.1. The second-order valence-corrected chi connectivity index (χ2v) is 11.3. The number of hydrogen-bond acceptors (Lipinski definition) is 6. The molecule has 0 radical (unpaired) electrons. The predicted octanol–water partition coefficient (Wildman–Crippen LogP) is 5.14. The molecule has 0 aromatic heterocycles. The zero-order chi connectivity index (χ0) is 25.3. The zero-order valence-electron chi connectivity index (χ0n) is 19.9. The molecule has 7 nitrogen and oxygen atoms in total. The van der Waals surface area contributed by atoms with Gasteiger partial charge in [-0.1, -0.05) is 35.9 Å². The Morgan fingerprint density at radius 1 is 1.06 bits per heavy atom. The van der Waals surface area contributed by atoms with Gasteiger partial charge in [-0.25, -0.2) is 17.6 Å². The molecule has 1 aliphatic carbocycles. The van der Waals surface area contributed by atoms with Gasteiger partial charge in [0.2, 0.25) is 0 Å². The van der Waals surface area contributed by atoms with Gasteiger partial charge < -0.3 is 9.47 Å². The van der Waals surface area contributed by atoms with Gasteiger partial charge >= 0.3 is 12.1 Å². The van der Waals surface area contributed by atoms with Gasteiger partial charge in [-0.15, -0.1) is 0 Å². The molecule has 2 aromatic carbocycles. The monoisotopic (exact) mass is 491 g/mol. The summed E-state index contributed by atoms with van der Waals surface area (Å²) in [4.78, 5) is 25.6. The number of nitrogens with zero attached hydrogens (tertiary/aromatic N) is 1. The van der Waals surface area contributed by atoms with Gasteiger partial charge in [-0.05, 0) is 65.7 Å². The molecule has 0 bridgehead atoms. The largest absolute Gasteiger partial charge is 0.460 e. The quantitative estimate of drug-likeness (QED) is 0.498. The molecule has 0 aliphatic heterocycles. The minimum Gasteiger partial charge on any atom is -0.460 e. The number of rotatable bonds is 7. The highest BCUT2D eigenvalue weighted by Crippen LogP contribution is 2.37. The Bertz CT molecular complexity index is 1150. The fourth-order valence-corrected chi connectivity index (χ4v) is 4.96. The number of benzene rings is 2. The Morgan fingerprint density at radius 3 is 2.18 bits per heavy atom. The number of carbonyl (C=O) groups is 2. The smallest absolute Gasteiger partial charge is 0.425 e. The molecule has 9 heteroatoms. The van der Waals surface area contributed by atoms with Crippen LogP contribution in [0.1, 0.15) is 57.7 Å². The summed E-state index contributed by atoms with van der Waals surface area (Å²) in [5, 5.41) is 0. The van der Waals surface area contributed by atoms with Gasteiger partial charge in [-0.2, -0.15) is 4.31 Å². The van der Waals surface area contributed by atoms with Crippen LogP contribution < -0.4 is 0 Å². The van der Waals surface area contributed by atoms with E-state index in [-0.39, 0.29) is 16.4 Å². The van der Waals surface area contributed by atoms with E-state index in [4.69, 9.17) is 9.47 Å². The third-order valence-electron chi connectivity index (χ3n) is 5.29. The topological polar surface area (TPSA) is 90.0 Å². The lowest BCUT2D eigenvalue weighted by Crippen LogP contribution is -2.47. The maximum atomic E-state index is 15.0. The van der Waals surface area contributed by atoms with Gasteiger partial charge in [-0.3, -0.25) is 4.79 Å². The lowest BCUT2D eigenvalue weighted by Gasteiger charge is -2.35. The number of sulfonamides is 1. The molecule has 0 heterocycles. The SMILES string of the molecule is Cc1ccc(S(=O)(=O)N(C(=O)OC(C)(C)C)[C@H](c2ccccc2F)[C@H](C)OC(=O)C2CC2)cc1. The summed E-state index contributed by atoms with van der Waals surface area (Å²) in [6, 6.07) is 9.90. The highest BCUT2D eigenvalue weighted by atomic mass is 32.2. The van der Waals surface area contributed by atoms with E-state index in [2.05, 4.69) is 0 Å². The predicted molar refractivity (Wildman–Crippen MR) is 124 cm³/mol. The van der Waals surface area contributed by atoms with Crippen LogP contribution in [-0.2, 0) is 24.3 Å². The average Bonchev–Trinajstić information content (AvgIpc) is 3.56. The second-order valence-electron chi connectivity index (χ2n) is 9.48. The fraction of sp³-hybridized carbons (Fsp3) is 0.440. The Kier molecular flexibility index (Phi) is 7.35. The Morgan fingerprint density at radius 2 is 1.65 bits per heavy atom. The molecule has 1 fully saturated rings. The minimum atomic E-state index is -4.54. The van der Waals surface area contributed by atoms with Crippen molar-refractivity contribution in [2.24, 2.45) is 5.92 Å². The number of aryl methyl sites for hydroxylation is 1. The van der Waals surface area contributed by atoms with E-state index < -0.39 is 45.6 Å². The molecule has 184 valence electrons. The second kappa shape index (κ2) is 9.74. The molecule has 0 N–H and O–H groups in total. The van der Waals surface area contributed by atoms with E-state index in [1.54, 1.807) is 39.8 Å². The highest BCUT2D eigenvalue weighted by Gasteiger charge is 2.45. The number of hydrogen-bond donors (Lipinski definition) is 0. The number of halogens is 1. The zero-order valence-corrected chi connectivity index (χ0v) is 20.8. The first-order valence-electron chi connectivity index (χ1n) is 11.1. The molecule has 0 saturated heterocycles. The standard InChI is InChI=1S/C25H30FNO6S/c1-16-10-14-19(15-11-16)34(30,31)27(24(29)33-25(3,4)5)22(20-8-6-7-9-21(20)26)17(2)32-23(28)18-12-13-18/h6-11,14-15,17-18,22H,12-13H2,1-5H3/t17-,22-/m0/s1. The van der Waals surface area contributed by atoms with Crippen LogP contribution in [0.2, 0.25) is 0 Å². The first-order chi connectivity index (χ1) is 15.8. The molecule has 0 unspecified atom stereocenters. The molecule has 3 rings (SSSR count). The highest BCUT2D eigenvalue weighted by molar-refractivity contribution is 7.89. The molecule has 1 saturated carbocycles. The van der Waals surface area contributed by atoms with Crippen molar-refractivity contribution >= 4 is 22.1 Å². The Balaban J connectivity index is 2.17. The summed E-state index contributed by atoms with van der Waals surface area (Å²) >= 11 is 0. The lowest BCUT2D eigenvalue weighted by molar-refractivity contribution is -0.152. The van der Waals surface area contributed by atoms with Gasteiger partial charge in [0.05, 0.1) is 10.8 Å². The summed E-state index contributed by atoms with van der Waals surface area (Å²) in [7, 11) is -4.54. The van der Waals surface area contributed by atoms with Crippen molar-refractivity contribution in [3.8, 4) is 0 Å². The van der Waals surface area contributed by atoms with Gasteiger partial charge in [0.25, 0.3) is 10.0 Å². The van der Waals surface area contributed by atoms with Crippen LogP contribution in [0.4, 0.5) is 9.18 Å². The molecule has 34 heavy (non-hydrogen) atoms. The van der Waals surface area contributed by atoms with Crippen LogP contribution in [0, 0.1) is 18.7 Å². The Hall–Kier alpha value is -2.94. The van der Waals surface area contributed by atoms with Crippen LogP contribution in [0.15, 0.2) is 53.4 Å². The number of esters is 1. The van der Waals surface area contributed by atoms with Crippen molar-refractivity contribution in [1.29, 1.82) is 0 Å². The van der Waals surface area contributed by atoms with Crippen molar-refractivity contribution in [2.45, 2.75) is 70.1 Å². The lowest BCUT2D eigenvalue weighted by atomic mass is 10.0. The number of amides is 1. The third kappa shape index (κ3) is 5.94. The van der Waals surface area contributed by atoms with E-state index in [0.29, 0.717) is 17.1 Å². The molecule has 2 aromatic rings. The molecule has 1 amide bonds. The van der Waals surface area contributed by atoms with Crippen LogP contribution in [-0.4, -0.2) is 36.5 Å². The maximum Gasteiger partial charge on any atom is 0.425 e. The van der Waals surface area contributed by atoms with Gasteiger partial charge in [0.15, 0.2) is 0 Å². The van der Waals surface area contributed by atoms with E-state index in [9.17, 15) is 22.4 Å². The number of carbonyl (C=O) groups excluding carboxylic acids is 2. The summed E-state index contributed by atoms with van der Waals surface area (Å²) in [6.07, 6.45) is -1.03. The summed E-state index contributed by atoms with van der Waals surface area (Å²) in [6.45, 7) is 8.02. The maximum absolute atomic E-state index is 15.0. The summed E-state index contributed by atoms with van der Waals surface area (Å²) in [5.41, 5.74) is -0.327. The van der Waals surface area contributed by atoms with Crippen molar-refractivity contribution in [1.82, 2.24) is 4.31 Å². The van der Waals surface area contributed by atoms with E-state index >= 15 is 0 Å². The Labute approximate surface area is 199 Å². The fourth-order valence-electron chi connectivity index (χ4n) is 3.44. The third-order valence-corrected chi connectivity index (χ3v) is 7.05. The van der Waals surface area contributed by atoms with Gasteiger partial charge in [0.1, 0.15) is 23.6 Å². The number of ether oxygens (including phenoxy) is 2. The molecular weight excluding hydrogens is 461 g/mol. The first kappa shape index (κ1) is 25.7. The summed E-state index contributed by atoms with van der Waals surface area (Å²) in [5.74, 6) is -1.52. The molecule has 2 atom stereocenters. The van der Waals surface area contributed by atoms with Crippen LogP contribution in [0.3, 0.4) is 0 Å². The normalized spacial score (nSPS) is 15.8. The van der Waals surface area contributed by atoms with E-state index in [1.165, 1.54) is 37.3 Å². The van der Waals surface area contributed by atoms with Crippen LogP contribution in [0.5, 0.6) is 0 Å². The van der Waals surface area contributed by atoms with Crippen molar-refractivity contribution in [3.05, 3.63) is 65.5 Å². The van der Waals surface area contributed by atoms with E-state index in [1.807, 2.05) is 0 Å². The van der Waals surface area contributed by atoms with Crippen molar-refractivity contribution in [2.75, 3.05) is 0 Å². The minimum absolute atomic E-state index is 0.111.